The molecule has 98 valence electrons. The van der Waals surface area contributed by atoms with E-state index in [4.69, 9.17) is 11.6 Å². The summed E-state index contributed by atoms with van der Waals surface area (Å²) in [5.74, 6) is 0.923. The number of alkyl halides is 1. The molecule has 0 spiro atoms. The predicted molar refractivity (Wildman–Crippen MR) is 69.1 cm³/mol. The Bertz CT molecular complexity index is 294. The first-order valence-corrected chi connectivity index (χ1v) is 6.84. The smallest absolute Gasteiger partial charge is 0.229 e. The summed E-state index contributed by atoms with van der Waals surface area (Å²) in [5.41, 5.74) is -0.497. The molecule has 3 nitrogen and oxygen atoms in total. The molecular weight excluding hydrogens is 238 g/mol. The lowest BCUT2D eigenvalue weighted by molar-refractivity contribution is -0.142. The lowest BCUT2D eigenvalue weighted by Crippen LogP contribution is -2.46. The van der Waals surface area contributed by atoms with Gasteiger partial charge in [0.2, 0.25) is 5.91 Å². The van der Waals surface area contributed by atoms with Crippen LogP contribution in [0.1, 0.15) is 40.0 Å². The van der Waals surface area contributed by atoms with E-state index in [1.807, 2.05) is 25.7 Å². The van der Waals surface area contributed by atoms with Crippen molar-refractivity contribution in [3.63, 3.8) is 0 Å². The van der Waals surface area contributed by atoms with Crippen LogP contribution in [0.15, 0.2) is 0 Å². The summed E-state index contributed by atoms with van der Waals surface area (Å²) in [5, 5.41) is 0. The first-order valence-electron chi connectivity index (χ1n) is 6.30. The summed E-state index contributed by atoms with van der Waals surface area (Å²) >= 11 is 5.81. The molecule has 0 atom stereocenters. The SMILES string of the molecule is CCC(=O)C1CCN(C(=O)C(C)(C)CCl)CC1. The molecule has 0 radical (unpaired) electrons. The Kier molecular flexibility index (Phi) is 4.99. The van der Waals surface area contributed by atoms with Crippen molar-refractivity contribution in [3.05, 3.63) is 0 Å². The van der Waals surface area contributed by atoms with E-state index < -0.39 is 5.41 Å². The molecule has 1 fully saturated rings. The molecule has 0 aliphatic carbocycles. The number of halogens is 1. The maximum absolute atomic E-state index is 12.2. The van der Waals surface area contributed by atoms with Gasteiger partial charge in [-0.2, -0.15) is 0 Å². The number of carbonyl (C=O) groups excluding carboxylic acids is 2. The molecule has 0 aromatic carbocycles. The number of likely N-dealkylation sites (tertiary alicyclic amines) is 1. The van der Waals surface area contributed by atoms with Crippen molar-refractivity contribution in [1.82, 2.24) is 4.90 Å². The lowest BCUT2D eigenvalue weighted by atomic mass is 9.88. The summed E-state index contributed by atoms with van der Waals surface area (Å²) in [6.07, 6.45) is 2.21. The van der Waals surface area contributed by atoms with Crippen molar-refractivity contribution in [2.75, 3.05) is 19.0 Å². The first kappa shape index (κ1) is 14.5. The maximum atomic E-state index is 12.2. The molecule has 0 aromatic heterocycles. The Morgan fingerprint density at radius 1 is 1.29 bits per heavy atom. The quantitative estimate of drug-likeness (QED) is 0.728. The van der Waals surface area contributed by atoms with Crippen molar-refractivity contribution < 1.29 is 9.59 Å². The molecule has 1 aliphatic heterocycles. The molecule has 1 heterocycles. The number of rotatable bonds is 4. The highest BCUT2D eigenvalue weighted by Gasteiger charge is 2.34. The van der Waals surface area contributed by atoms with Crippen molar-refractivity contribution in [1.29, 1.82) is 0 Å². The van der Waals surface area contributed by atoms with E-state index in [0.29, 0.717) is 31.2 Å². The molecule has 1 rings (SSSR count). The van der Waals surface area contributed by atoms with Crippen molar-refractivity contribution >= 4 is 23.3 Å². The molecule has 17 heavy (non-hydrogen) atoms. The highest BCUT2D eigenvalue weighted by molar-refractivity contribution is 6.19. The van der Waals surface area contributed by atoms with Crippen LogP contribution < -0.4 is 0 Å². The number of ketones is 1. The van der Waals surface area contributed by atoms with Crippen LogP contribution in [0.4, 0.5) is 0 Å². The van der Waals surface area contributed by atoms with Gasteiger partial charge in [0.05, 0.1) is 5.41 Å². The van der Waals surface area contributed by atoms with Crippen LogP contribution in [-0.2, 0) is 9.59 Å². The molecule has 1 amide bonds. The van der Waals surface area contributed by atoms with E-state index >= 15 is 0 Å². The molecule has 0 unspecified atom stereocenters. The number of nitrogens with zero attached hydrogens (tertiary/aromatic N) is 1. The topological polar surface area (TPSA) is 37.4 Å². The standard InChI is InChI=1S/C13H22ClNO2/c1-4-11(16)10-5-7-15(8-6-10)12(17)13(2,3)9-14/h10H,4-9H2,1-3H3. The minimum absolute atomic E-state index is 0.106. The lowest BCUT2D eigenvalue weighted by Gasteiger charge is -2.35. The van der Waals surface area contributed by atoms with Gasteiger partial charge in [-0.25, -0.2) is 0 Å². The zero-order chi connectivity index (χ0) is 13.1. The van der Waals surface area contributed by atoms with Gasteiger partial charge in [0.1, 0.15) is 5.78 Å². The van der Waals surface area contributed by atoms with E-state index in [0.717, 1.165) is 12.8 Å². The fraction of sp³-hybridized carbons (Fsp3) is 0.846. The summed E-state index contributed by atoms with van der Waals surface area (Å²) in [4.78, 5) is 25.6. The summed E-state index contributed by atoms with van der Waals surface area (Å²) in [6, 6.07) is 0. The van der Waals surface area contributed by atoms with Crippen LogP contribution in [0.2, 0.25) is 0 Å². The van der Waals surface area contributed by atoms with E-state index in [9.17, 15) is 9.59 Å². The molecule has 0 N–H and O–H groups in total. The monoisotopic (exact) mass is 259 g/mol. The van der Waals surface area contributed by atoms with Crippen LogP contribution in [-0.4, -0.2) is 35.6 Å². The van der Waals surface area contributed by atoms with Crippen LogP contribution in [0.5, 0.6) is 0 Å². The molecule has 0 bridgehead atoms. The summed E-state index contributed by atoms with van der Waals surface area (Å²) in [7, 11) is 0. The van der Waals surface area contributed by atoms with Crippen molar-refractivity contribution in [2.45, 2.75) is 40.0 Å². The van der Waals surface area contributed by atoms with Gasteiger partial charge in [-0.1, -0.05) is 6.92 Å². The molecule has 1 saturated heterocycles. The number of amides is 1. The van der Waals surface area contributed by atoms with Gasteiger partial charge >= 0.3 is 0 Å². The number of carbonyl (C=O) groups is 2. The average molecular weight is 260 g/mol. The second-order valence-electron chi connectivity index (χ2n) is 5.40. The zero-order valence-corrected chi connectivity index (χ0v) is 11.7. The fourth-order valence-electron chi connectivity index (χ4n) is 2.18. The van der Waals surface area contributed by atoms with Crippen LogP contribution in [0.25, 0.3) is 0 Å². The molecule has 0 saturated carbocycles. The van der Waals surface area contributed by atoms with Gasteiger partial charge in [-0.3, -0.25) is 9.59 Å². The Morgan fingerprint density at radius 2 is 1.82 bits per heavy atom. The van der Waals surface area contributed by atoms with Crippen molar-refractivity contribution in [3.8, 4) is 0 Å². The van der Waals surface area contributed by atoms with E-state index in [1.165, 1.54) is 0 Å². The highest BCUT2D eigenvalue weighted by Crippen LogP contribution is 2.25. The van der Waals surface area contributed by atoms with Crippen LogP contribution >= 0.6 is 11.6 Å². The largest absolute Gasteiger partial charge is 0.342 e. The van der Waals surface area contributed by atoms with Crippen LogP contribution in [0, 0.1) is 11.3 Å². The minimum atomic E-state index is -0.497. The number of Topliss-reactive ketones (excluding diaryl/α,β-unsaturated/α-hetero) is 1. The number of hydrogen-bond acceptors (Lipinski definition) is 2. The van der Waals surface area contributed by atoms with Gasteiger partial charge in [0.15, 0.2) is 0 Å². The summed E-state index contributed by atoms with van der Waals surface area (Å²) < 4.78 is 0. The maximum Gasteiger partial charge on any atom is 0.229 e. The second-order valence-corrected chi connectivity index (χ2v) is 5.67. The Morgan fingerprint density at radius 3 is 2.24 bits per heavy atom. The van der Waals surface area contributed by atoms with Crippen LogP contribution in [0.3, 0.4) is 0 Å². The van der Waals surface area contributed by atoms with Crippen molar-refractivity contribution in [2.24, 2.45) is 11.3 Å². The Hall–Kier alpha value is -0.570. The van der Waals surface area contributed by atoms with E-state index in [1.54, 1.807) is 0 Å². The third-order valence-electron chi connectivity index (χ3n) is 3.50. The van der Waals surface area contributed by atoms with Gasteiger partial charge in [0.25, 0.3) is 0 Å². The first-order chi connectivity index (χ1) is 7.92. The predicted octanol–water partition coefficient (Wildman–Crippen LogP) is 2.47. The molecular formula is C13H22ClNO2. The van der Waals surface area contributed by atoms with E-state index in [-0.39, 0.29) is 11.8 Å². The second kappa shape index (κ2) is 5.85. The highest BCUT2D eigenvalue weighted by atomic mass is 35.5. The number of piperidine rings is 1. The zero-order valence-electron chi connectivity index (χ0n) is 11.0. The fourth-order valence-corrected chi connectivity index (χ4v) is 2.29. The molecule has 1 aliphatic rings. The number of hydrogen-bond donors (Lipinski definition) is 0. The molecule has 4 heteroatoms. The van der Waals surface area contributed by atoms with Gasteiger partial charge < -0.3 is 4.90 Å². The molecule has 0 aromatic rings. The van der Waals surface area contributed by atoms with Gasteiger partial charge in [-0.05, 0) is 26.7 Å². The Balaban J connectivity index is 2.52. The van der Waals surface area contributed by atoms with Gasteiger partial charge in [0, 0.05) is 31.3 Å². The normalized spacial score (nSPS) is 18.2. The minimum Gasteiger partial charge on any atom is -0.342 e. The summed E-state index contributed by atoms with van der Waals surface area (Å²) in [6.45, 7) is 7.01. The van der Waals surface area contributed by atoms with Gasteiger partial charge in [-0.15, -0.1) is 11.6 Å². The average Bonchev–Trinajstić information content (AvgIpc) is 2.37. The Labute approximate surface area is 108 Å². The third-order valence-corrected chi connectivity index (χ3v) is 4.17. The van der Waals surface area contributed by atoms with E-state index in [2.05, 4.69) is 0 Å². The third kappa shape index (κ3) is 3.44.